The molecule has 7 heteroatoms. The zero-order valence-corrected chi connectivity index (χ0v) is 11.1. The molecule has 0 aliphatic rings. The summed E-state index contributed by atoms with van der Waals surface area (Å²) >= 11 is 17.0. The average Bonchev–Trinajstić information content (AvgIpc) is 2.94. The van der Waals surface area contributed by atoms with Gasteiger partial charge < -0.3 is 9.40 Å². The van der Waals surface area contributed by atoms with Gasteiger partial charge in [-0.15, -0.1) is 10.2 Å². The molecule has 18 heavy (non-hydrogen) atoms. The molecule has 3 aromatic rings. The molecule has 3 rings (SSSR count). The molecule has 0 unspecified atom stereocenters. The number of nitrogens with one attached hydrogen (secondary N) is 1. The van der Waals surface area contributed by atoms with Gasteiger partial charge in [0.25, 0.3) is 15.6 Å². The first kappa shape index (κ1) is 11.8. The molecule has 0 aliphatic carbocycles. The van der Waals surface area contributed by atoms with Crippen LogP contribution in [0, 0.1) is 0 Å². The highest BCUT2D eigenvalue weighted by Gasteiger charge is 2.30. The van der Waals surface area contributed by atoms with Crippen molar-refractivity contribution >= 4 is 45.7 Å². The predicted molar refractivity (Wildman–Crippen MR) is 70.8 cm³/mol. The van der Waals surface area contributed by atoms with Crippen molar-refractivity contribution in [2.24, 2.45) is 0 Å². The molecule has 1 N–H and O–H groups in total. The summed E-state index contributed by atoms with van der Waals surface area (Å²) in [7, 11) is 0. The third-order valence-electron chi connectivity index (χ3n) is 2.43. The van der Waals surface area contributed by atoms with Crippen LogP contribution in [0.1, 0.15) is 5.89 Å². The Bertz CT molecular complexity index is 666. The van der Waals surface area contributed by atoms with E-state index in [1.54, 1.807) is 0 Å². The van der Waals surface area contributed by atoms with Gasteiger partial charge in [0.1, 0.15) is 5.69 Å². The SMILES string of the molecule is ClC(Cl)(Cl)c1nnc(-c2cc3ccccc3[nH]2)o1. The minimum atomic E-state index is -1.71. The van der Waals surface area contributed by atoms with Crippen LogP contribution >= 0.6 is 34.8 Å². The van der Waals surface area contributed by atoms with Crippen LogP contribution in [-0.4, -0.2) is 15.2 Å². The van der Waals surface area contributed by atoms with E-state index in [4.69, 9.17) is 39.2 Å². The van der Waals surface area contributed by atoms with Crippen LogP contribution in [0.5, 0.6) is 0 Å². The first-order valence-electron chi connectivity index (χ1n) is 5.03. The summed E-state index contributed by atoms with van der Waals surface area (Å²) in [6.45, 7) is 0. The van der Waals surface area contributed by atoms with Gasteiger partial charge in [-0.25, -0.2) is 0 Å². The Kier molecular flexibility index (Phi) is 2.73. The summed E-state index contributed by atoms with van der Waals surface area (Å²) in [4.78, 5) is 3.15. The van der Waals surface area contributed by atoms with E-state index in [9.17, 15) is 0 Å². The molecule has 0 aliphatic heterocycles. The lowest BCUT2D eigenvalue weighted by molar-refractivity contribution is 0.513. The number of hydrogen-bond acceptors (Lipinski definition) is 3. The molecular formula is C11H6Cl3N3O. The number of H-pyrrole nitrogens is 1. The largest absolute Gasteiger partial charge is 0.415 e. The van der Waals surface area contributed by atoms with E-state index in [2.05, 4.69) is 15.2 Å². The second kappa shape index (κ2) is 4.16. The normalized spacial score (nSPS) is 12.2. The fourth-order valence-electron chi connectivity index (χ4n) is 1.64. The maximum absolute atomic E-state index is 5.66. The number of aromatic amines is 1. The number of rotatable bonds is 1. The molecule has 2 heterocycles. The molecule has 0 atom stereocenters. The average molecular weight is 303 g/mol. The highest BCUT2D eigenvalue weighted by Crippen LogP contribution is 2.38. The van der Waals surface area contributed by atoms with Crippen molar-refractivity contribution in [1.29, 1.82) is 0 Å². The summed E-state index contributed by atoms with van der Waals surface area (Å²) in [5.74, 6) is 0.230. The van der Waals surface area contributed by atoms with Gasteiger partial charge >= 0.3 is 0 Å². The molecule has 92 valence electrons. The van der Waals surface area contributed by atoms with Crippen LogP contribution in [0.15, 0.2) is 34.7 Å². The number of fused-ring (bicyclic) bond motifs is 1. The molecular weight excluding hydrogens is 296 g/mol. The van der Waals surface area contributed by atoms with Crippen LogP contribution in [0.4, 0.5) is 0 Å². The Morgan fingerprint density at radius 1 is 1.11 bits per heavy atom. The van der Waals surface area contributed by atoms with Crippen LogP contribution < -0.4 is 0 Å². The van der Waals surface area contributed by atoms with Crippen molar-refractivity contribution in [3.05, 3.63) is 36.2 Å². The molecule has 0 saturated heterocycles. The summed E-state index contributed by atoms with van der Waals surface area (Å²) in [5, 5.41) is 8.59. The van der Waals surface area contributed by atoms with Crippen LogP contribution in [0.3, 0.4) is 0 Å². The number of aromatic nitrogens is 3. The number of para-hydroxylation sites is 1. The van der Waals surface area contributed by atoms with Gasteiger partial charge in [-0.05, 0) is 12.1 Å². The quantitative estimate of drug-likeness (QED) is 0.690. The number of halogens is 3. The van der Waals surface area contributed by atoms with Crippen LogP contribution in [-0.2, 0) is 3.79 Å². The number of hydrogen-bond donors (Lipinski definition) is 1. The van der Waals surface area contributed by atoms with Crippen molar-refractivity contribution in [3.63, 3.8) is 0 Å². The zero-order chi connectivity index (χ0) is 12.8. The lowest BCUT2D eigenvalue weighted by Crippen LogP contribution is -1.99. The summed E-state index contributed by atoms with van der Waals surface area (Å²) < 4.78 is 3.60. The van der Waals surface area contributed by atoms with E-state index in [-0.39, 0.29) is 11.8 Å². The van der Waals surface area contributed by atoms with Gasteiger partial charge in [0.15, 0.2) is 0 Å². The van der Waals surface area contributed by atoms with E-state index >= 15 is 0 Å². The van der Waals surface area contributed by atoms with Crippen molar-refractivity contribution in [1.82, 2.24) is 15.2 Å². The molecule has 4 nitrogen and oxygen atoms in total. The monoisotopic (exact) mass is 301 g/mol. The Balaban J connectivity index is 2.06. The second-order valence-electron chi connectivity index (χ2n) is 3.68. The van der Waals surface area contributed by atoms with E-state index in [1.165, 1.54) is 0 Å². The van der Waals surface area contributed by atoms with Crippen LogP contribution in [0.2, 0.25) is 0 Å². The van der Waals surface area contributed by atoms with Crippen molar-refractivity contribution in [2.75, 3.05) is 0 Å². The highest BCUT2D eigenvalue weighted by molar-refractivity contribution is 6.66. The van der Waals surface area contributed by atoms with Gasteiger partial charge in [0.2, 0.25) is 0 Å². The zero-order valence-electron chi connectivity index (χ0n) is 8.82. The van der Waals surface area contributed by atoms with Gasteiger partial charge in [0.05, 0.1) is 0 Å². The van der Waals surface area contributed by atoms with Crippen molar-refractivity contribution < 1.29 is 4.42 Å². The third kappa shape index (κ3) is 2.07. The topological polar surface area (TPSA) is 54.7 Å². The minimum Gasteiger partial charge on any atom is -0.415 e. The molecule has 0 amide bonds. The molecule has 0 fully saturated rings. The Morgan fingerprint density at radius 3 is 2.56 bits per heavy atom. The summed E-state index contributed by atoms with van der Waals surface area (Å²) in [5.41, 5.74) is 1.66. The fraction of sp³-hybridized carbons (Fsp3) is 0.0909. The smallest absolute Gasteiger partial charge is 0.268 e. The Labute approximate surface area is 117 Å². The summed E-state index contributed by atoms with van der Waals surface area (Å²) in [6.07, 6.45) is 0. The van der Waals surface area contributed by atoms with Gasteiger partial charge in [-0.3, -0.25) is 0 Å². The standard InChI is InChI=1S/C11H6Cl3N3O/c12-11(13,14)10-17-16-9(18-10)8-5-6-3-1-2-4-7(6)15-8/h1-5,15H. The molecule has 0 bridgehead atoms. The molecule has 0 spiro atoms. The van der Waals surface area contributed by atoms with Gasteiger partial charge in [-0.2, -0.15) is 0 Å². The van der Waals surface area contributed by atoms with Crippen LogP contribution in [0.25, 0.3) is 22.5 Å². The van der Waals surface area contributed by atoms with E-state index in [1.807, 2.05) is 30.3 Å². The molecule has 1 aromatic carbocycles. The van der Waals surface area contributed by atoms with Gasteiger partial charge in [-0.1, -0.05) is 53.0 Å². The molecule has 2 aromatic heterocycles. The summed E-state index contributed by atoms with van der Waals surface area (Å²) in [6, 6.07) is 9.70. The number of alkyl halides is 3. The molecule has 0 saturated carbocycles. The Morgan fingerprint density at radius 2 is 1.89 bits per heavy atom. The second-order valence-corrected chi connectivity index (χ2v) is 5.96. The number of benzene rings is 1. The highest BCUT2D eigenvalue weighted by atomic mass is 35.6. The number of nitrogens with zero attached hydrogens (tertiary/aromatic N) is 2. The van der Waals surface area contributed by atoms with E-state index in [0.29, 0.717) is 5.69 Å². The van der Waals surface area contributed by atoms with E-state index < -0.39 is 3.79 Å². The van der Waals surface area contributed by atoms with Gasteiger partial charge in [0, 0.05) is 10.9 Å². The predicted octanol–water partition coefficient (Wildman–Crippen LogP) is 4.04. The van der Waals surface area contributed by atoms with E-state index in [0.717, 1.165) is 10.9 Å². The minimum absolute atomic E-state index is 0.0545. The Hall–Kier alpha value is -1.23. The fourth-order valence-corrected chi connectivity index (χ4v) is 1.86. The lowest BCUT2D eigenvalue weighted by Gasteiger charge is -2.01. The first-order valence-corrected chi connectivity index (χ1v) is 6.16. The van der Waals surface area contributed by atoms with Crippen molar-refractivity contribution in [3.8, 4) is 11.6 Å². The van der Waals surface area contributed by atoms with Crippen molar-refractivity contribution in [2.45, 2.75) is 3.79 Å². The first-order chi connectivity index (χ1) is 8.54. The maximum Gasteiger partial charge on any atom is 0.268 e. The lowest BCUT2D eigenvalue weighted by atomic mass is 10.2. The maximum atomic E-state index is 5.66. The molecule has 0 radical (unpaired) electrons. The third-order valence-corrected chi connectivity index (χ3v) is 2.91.